The number of fused-ring (bicyclic) bond motifs is 1. The number of hydrogen-bond acceptors (Lipinski definition) is 3. The smallest absolute Gasteiger partial charge is 0.253 e. The molecule has 0 unspecified atom stereocenters. The average molecular weight is 347 g/mol. The summed E-state index contributed by atoms with van der Waals surface area (Å²) in [5, 5.41) is 5.22. The van der Waals surface area contributed by atoms with Gasteiger partial charge in [-0.05, 0) is 51.0 Å². The molecule has 3 aromatic heterocycles. The molecule has 0 aliphatic carbocycles. The van der Waals surface area contributed by atoms with Crippen LogP contribution in [0.15, 0.2) is 46.0 Å². The second-order valence-corrected chi connectivity index (χ2v) is 6.86. The number of rotatable bonds is 3. The van der Waals surface area contributed by atoms with Crippen LogP contribution in [-0.2, 0) is 6.54 Å². The van der Waals surface area contributed by atoms with Crippen LogP contribution in [-0.4, -0.2) is 14.7 Å². The molecule has 3 heterocycles. The van der Waals surface area contributed by atoms with Crippen molar-refractivity contribution < 1.29 is 4.52 Å². The molecule has 0 aliphatic rings. The lowest BCUT2D eigenvalue weighted by Gasteiger charge is -2.12. The monoisotopic (exact) mass is 347 g/mol. The molecule has 0 radical (unpaired) electrons. The van der Waals surface area contributed by atoms with E-state index in [1.54, 1.807) is 4.57 Å². The highest BCUT2D eigenvalue weighted by Crippen LogP contribution is 2.27. The van der Waals surface area contributed by atoms with Crippen molar-refractivity contribution in [2.24, 2.45) is 0 Å². The maximum absolute atomic E-state index is 12.7. The highest BCUT2D eigenvalue weighted by molar-refractivity contribution is 5.86. The van der Waals surface area contributed by atoms with Crippen molar-refractivity contribution in [3.8, 4) is 11.1 Å². The number of nitrogens with zero attached hydrogens (tertiary/aromatic N) is 2. The van der Waals surface area contributed by atoms with E-state index in [0.29, 0.717) is 12.1 Å². The fraction of sp³-hybridized carbons (Fsp3) is 0.238. The van der Waals surface area contributed by atoms with E-state index in [2.05, 4.69) is 29.2 Å². The summed E-state index contributed by atoms with van der Waals surface area (Å²) < 4.78 is 7.07. The predicted octanol–water partition coefficient (Wildman–Crippen LogP) is 4.27. The van der Waals surface area contributed by atoms with Crippen molar-refractivity contribution in [1.82, 2.24) is 14.7 Å². The molecule has 1 aromatic carbocycles. The first-order valence-electron chi connectivity index (χ1n) is 8.65. The molecule has 1 N–H and O–H groups in total. The van der Waals surface area contributed by atoms with Crippen LogP contribution in [0.4, 0.5) is 0 Å². The van der Waals surface area contributed by atoms with Gasteiger partial charge in [0, 0.05) is 40.0 Å². The summed E-state index contributed by atoms with van der Waals surface area (Å²) in [5.41, 5.74) is 6.86. The van der Waals surface area contributed by atoms with E-state index in [1.807, 2.05) is 45.3 Å². The van der Waals surface area contributed by atoms with Gasteiger partial charge in [-0.25, -0.2) is 0 Å². The number of aromatic amines is 1. The SMILES string of the molecule is Cc1noc(C)c1-c1cc(C)c(=O)n(Cc2cccc3[nH]cc(C)c23)c1. The van der Waals surface area contributed by atoms with Gasteiger partial charge >= 0.3 is 0 Å². The van der Waals surface area contributed by atoms with Gasteiger partial charge in [-0.2, -0.15) is 0 Å². The zero-order chi connectivity index (χ0) is 18.4. The minimum Gasteiger partial charge on any atom is -0.361 e. The number of nitrogens with one attached hydrogen (secondary N) is 1. The Bertz CT molecular complexity index is 1160. The summed E-state index contributed by atoms with van der Waals surface area (Å²) in [6.45, 7) is 8.26. The highest BCUT2D eigenvalue weighted by atomic mass is 16.5. The van der Waals surface area contributed by atoms with E-state index in [1.165, 1.54) is 10.9 Å². The Balaban J connectivity index is 1.87. The Morgan fingerprint density at radius 3 is 2.69 bits per heavy atom. The maximum atomic E-state index is 12.7. The van der Waals surface area contributed by atoms with E-state index >= 15 is 0 Å². The topological polar surface area (TPSA) is 63.8 Å². The molecule has 0 spiro atoms. The Morgan fingerprint density at radius 1 is 1.15 bits per heavy atom. The minimum atomic E-state index is 0.0192. The third-order valence-corrected chi connectivity index (χ3v) is 4.92. The van der Waals surface area contributed by atoms with Gasteiger partial charge in [0.15, 0.2) is 0 Å². The first-order chi connectivity index (χ1) is 12.5. The van der Waals surface area contributed by atoms with Gasteiger partial charge in [0.1, 0.15) is 5.76 Å². The van der Waals surface area contributed by atoms with Crippen LogP contribution in [0.1, 0.15) is 28.1 Å². The molecule has 0 atom stereocenters. The summed E-state index contributed by atoms with van der Waals surface area (Å²) in [7, 11) is 0. The fourth-order valence-corrected chi connectivity index (χ4v) is 3.69. The van der Waals surface area contributed by atoms with Crippen molar-refractivity contribution in [2.45, 2.75) is 34.2 Å². The molecule has 0 saturated heterocycles. The number of pyridine rings is 1. The van der Waals surface area contributed by atoms with Gasteiger partial charge in [-0.3, -0.25) is 4.79 Å². The van der Waals surface area contributed by atoms with Crippen LogP contribution in [0, 0.1) is 27.7 Å². The van der Waals surface area contributed by atoms with Gasteiger partial charge < -0.3 is 14.1 Å². The van der Waals surface area contributed by atoms with E-state index in [4.69, 9.17) is 4.52 Å². The van der Waals surface area contributed by atoms with Gasteiger partial charge in [0.25, 0.3) is 5.56 Å². The molecule has 132 valence electrons. The van der Waals surface area contributed by atoms with Crippen molar-refractivity contribution >= 4 is 10.9 Å². The third-order valence-electron chi connectivity index (χ3n) is 4.92. The Hall–Kier alpha value is -3.08. The summed E-state index contributed by atoms with van der Waals surface area (Å²) in [5.74, 6) is 0.760. The molecule has 4 rings (SSSR count). The zero-order valence-electron chi connectivity index (χ0n) is 15.4. The Kier molecular flexibility index (Phi) is 3.80. The van der Waals surface area contributed by atoms with Crippen LogP contribution < -0.4 is 5.56 Å². The highest BCUT2D eigenvalue weighted by Gasteiger charge is 2.15. The summed E-state index contributed by atoms with van der Waals surface area (Å²) in [4.78, 5) is 16.0. The lowest BCUT2D eigenvalue weighted by molar-refractivity contribution is 0.393. The van der Waals surface area contributed by atoms with Crippen LogP contribution in [0.25, 0.3) is 22.0 Å². The average Bonchev–Trinajstić information content (AvgIpc) is 3.15. The van der Waals surface area contributed by atoms with E-state index in [-0.39, 0.29) is 5.56 Å². The number of H-pyrrole nitrogens is 1. The second kappa shape index (κ2) is 6.02. The molecule has 26 heavy (non-hydrogen) atoms. The molecule has 0 bridgehead atoms. The minimum absolute atomic E-state index is 0.0192. The van der Waals surface area contributed by atoms with E-state index in [0.717, 1.165) is 33.7 Å². The lowest BCUT2D eigenvalue weighted by Crippen LogP contribution is -2.22. The van der Waals surface area contributed by atoms with Gasteiger partial charge in [-0.1, -0.05) is 17.3 Å². The third kappa shape index (κ3) is 2.56. The Labute approximate surface area is 151 Å². The van der Waals surface area contributed by atoms with Crippen LogP contribution in [0.5, 0.6) is 0 Å². The number of benzene rings is 1. The van der Waals surface area contributed by atoms with Gasteiger partial charge in [0.2, 0.25) is 0 Å². The molecule has 5 heteroatoms. The fourth-order valence-electron chi connectivity index (χ4n) is 3.69. The first-order valence-corrected chi connectivity index (χ1v) is 8.65. The molecule has 5 nitrogen and oxygen atoms in total. The molecule has 0 amide bonds. The summed E-state index contributed by atoms with van der Waals surface area (Å²) in [6, 6.07) is 8.06. The number of aryl methyl sites for hydroxylation is 4. The van der Waals surface area contributed by atoms with Crippen molar-refractivity contribution in [2.75, 3.05) is 0 Å². The van der Waals surface area contributed by atoms with Crippen LogP contribution >= 0.6 is 0 Å². The van der Waals surface area contributed by atoms with Crippen molar-refractivity contribution in [3.05, 3.63) is 75.2 Å². The molecule has 0 aliphatic heterocycles. The van der Waals surface area contributed by atoms with Gasteiger partial charge in [-0.15, -0.1) is 0 Å². The summed E-state index contributed by atoms with van der Waals surface area (Å²) >= 11 is 0. The van der Waals surface area contributed by atoms with Crippen LogP contribution in [0.2, 0.25) is 0 Å². The van der Waals surface area contributed by atoms with E-state index < -0.39 is 0 Å². The standard InChI is InChI=1S/C21H21N3O2/c1-12-8-17(20-14(3)23-26-15(20)4)11-24(21(12)25)10-16-6-5-7-18-19(16)13(2)9-22-18/h5-9,11,22H,10H2,1-4H3. The predicted molar refractivity (Wildman–Crippen MR) is 103 cm³/mol. The van der Waals surface area contributed by atoms with Gasteiger partial charge in [0.05, 0.1) is 12.2 Å². The number of hydrogen-bond donors (Lipinski definition) is 1. The van der Waals surface area contributed by atoms with Crippen molar-refractivity contribution in [3.63, 3.8) is 0 Å². The zero-order valence-corrected chi connectivity index (χ0v) is 15.4. The molecule has 0 saturated carbocycles. The normalized spacial score (nSPS) is 11.4. The molecular weight excluding hydrogens is 326 g/mol. The first kappa shape index (κ1) is 16.4. The van der Waals surface area contributed by atoms with Crippen molar-refractivity contribution in [1.29, 1.82) is 0 Å². The molecule has 4 aromatic rings. The largest absolute Gasteiger partial charge is 0.361 e. The maximum Gasteiger partial charge on any atom is 0.253 e. The second-order valence-electron chi connectivity index (χ2n) is 6.86. The Morgan fingerprint density at radius 2 is 1.96 bits per heavy atom. The molecular formula is C21H21N3O2. The quantitative estimate of drug-likeness (QED) is 0.602. The molecule has 0 fully saturated rings. The lowest BCUT2D eigenvalue weighted by atomic mass is 10.0. The van der Waals surface area contributed by atoms with Crippen LogP contribution in [0.3, 0.4) is 0 Å². The van der Waals surface area contributed by atoms with E-state index in [9.17, 15) is 4.79 Å². The summed E-state index contributed by atoms with van der Waals surface area (Å²) in [6.07, 6.45) is 3.91. The number of aromatic nitrogens is 3.